The highest BCUT2D eigenvalue weighted by Gasteiger charge is 2.12. The molecule has 0 radical (unpaired) electrons. The summed E-state index contributed by atoms with van der Waals surface area (Å²) in [6.45, 7) is 0. The van der Waals surface area contributed by atoms with E-state index in [0.29, 0.717) is 43.3 Å². The van der Waals surface area contributed by atoms with Gasteiger partial charge in [-0.25, -0.2) is 4.98 Å². The molecule has 0 spiro atoms. The molecule has 7 heteroatoms. The standard InChI is InChI=1S/C20H11Cl3N2O2/c21-13-3-1-2-12(8-13)20-25-17-7-5-14(10-18(17)27-20)24-19(26)11-4-6-15(22)16(23)9-11/h1-10H,(H,24,26). The molecule has 27 heavy (non-hydrogen) atoms. The van der Waals surface area contributed by atoms with E-state index < -0.39 is 0 Å². The largest absolute Gasteiger partial charge is 0.436 e. The first-order valence-corrected chi connectivity index (χ1v) is 9.06. The van der Waals surface area contributed by atoms with Gasteiger partial charge in [0.1, 0.15) is 5.52 Å². The molecule has 0 aliphatic heterocycles. The summed E-state index contributed by atoms with van der Waals surface area (Å²) in [5.41, 5.74) is 2.99. The number of carbonyl (C=O) groups is 1. The molecule has 4 aromatic rings. The fraction of sp³-hybridized carbons (Fsp3) is 0. The molecule has 1 heterocycles. The van der Waals surface area contributed by atoms with Crippen molar-refractivity contribution in [3.05, 3.63) is 81.3 Å². The molecular formula is C20H11Cl3N2O2. The van der Waals surface area contributed by atoms with Gasteiger partial charge in [-0.1, -0.05) is 40.9 Å². The van der Waals surface area contributed by atoms with Crippen LogP contribution in [0.15, 0.2) is 65.1 Å². The summed E-state index contributed by atoms with van der Waals surface area (Å²) in [5.74, 6) is 0.156. The predicted octanol–water partition coefficient (Wildman–Crippen LogP) is 6.71. The summed E-state index contributed by atoms with van der Waals surface area (Å²) in [6.07, 6.45) is 0. The smallest absolute Gasteiger partial charge is 0.255 e. The normalized spacial score (nSPS) is 10.9. The topological polar surface area (TPSA) is 55.1 Å². The summed E-state index contributed by atoms with van der Waals surface area (Å²) in [7, 11) is 0. The maximum atomic E-state index is 12.4. The van der Waals surface area contributed by atoms with Crippen molar-refractivity contribution in [2.45, 2.75) is 0 Å². The third-order valence-electron chi connectivity index (χ3n) is 3.90. The molecule has 0 atom stereocenters. The maximum absolute atomic E-state index is 12.4. The molecular weight excluding hydrogens is 407 g/mol. The number of aromatic nitrogens is 1. The Kier molecular flexibility index (Phi) is 4.79. The van der Waals surface area contributed by atoms with Gasteiger partial charge in [0.2, 0.25) is 5.89 Å². The van der Waals surface area contributed by atoms with Crippen LogP contribution in [0.2, 0.25) is 15.1 Å². The van der Waals surface area contributed by atoms with Crippen molar-refractivity contribution in [3.63, 3.8) is 0 Å². The van der Waals surface area contributed by atoms with Crippen molar-refractivity contribution in [2.75, 3.05) is 5.32 Å². The number of benzene rings is 3. The van der Waals surface area contributed by atoms with E-state index in [1.165, 1.54) is 6.07 Å². The highest BCUT2D eigenvalue weighted by atomic mass is 35.5. The van der Waals surface area contributed by atoms with Crippen LogP contribution in [0.3, 0.4) is 0 Å². The van der Waals surface area contributed by atoms with E-state index in [0.717, 1.165) is 5.56 Å². The van der Waals surface area contributed by atoms with Crippen molar-refractivity contribution in [3.8, 4) is 11.5 Å². The zero-order valence-corrected chi connectivity index (χ0v) is 15.9. The first-order chi connectivity index (χ1) is 13.0. The van der Waals surface area contributed by atoms with Gasteiger partial charge in [0.05, 0.1) is 10.0 Å². The summed E-state index contributed by atoms with van der Waals surface area (Å²) in [5, 5.41) is 4.12. The predicted molar refractivity (Wildman–Crippen MR) is 109 cm³/mol. The monoisotopic (exact) mass is 416 g/mol. The Labute approximate surface area is 169 Å². The van der Waals surface area contributed by atoms with E-state index in [1.54, 1.807) is 42.5 Å². The maximum Gasteiger partial charge on any atom is 0.255 e. The van der Waals surface area contributed by atoms with E-state index >= 15 is 0 Å². The van der Waals surface area contributed by atoms with Crippen molar-refractivity contribution in [1.29, 1.82) is 0 Å². The van der Waals surface area contributed by atoms with Crippen LogP contribution in [-0.2, 0) is 0 Å². The van der Waals surface area contributed by atoms with Crippen LogP contribution in [0.4, 0.5) is 5.69 Å². The van der Waals surface area contributed by atoms with Crippen LogP contribution in [0.5, 0.6) is 0 Å². The molecule has 4 nitrogen and oxygen atoms in total. The van der Waals surface area contributed by atoms with Gasteiger partial charge in [0.25, 0.3) is 5.91 Å². The van der Waals surface area contributed by atoms with E-state index in [9.17, 15) is 4.79 Å². The molecule has 0 aliphatic carbocycles. The number of nitrogens with one attached hydrogen (secondary N) is 1. The Bertz CT molecular complexity index is 1170. The molecule has 0 fully saturated rings. The minimum absolute atomic E-state index is 0.303. The van der Waals surface area contributed by atoms with E-state index in [2.05, 4.69) is 10.3 Å². The van der Waals surface area contributed by atoms with Gasteiger partial charge in [-0.15, -0.1) is 0 Å². The van der Waals surface area contributed by atoms with Gasteiger partial charge in [-0.3, -0.25) is 4.79 Å². The van der Waals surface area contributed by atoms with Crippen molar-refractivity contribution in [1.82, 2.24) is 4.98 Å². The summed E-state index contributed by atoms with van der Waals surface area (Å²) < 4.78 is 5.81. The zero-order chi connectivity index (χ0) is 19.0. The lowest BCUT2D eigenvalue weighted by molar-refractivity contribution is 0.102. The third kappa shape index (κ3) is 3.78. The second-order valence-electron chi connectivity index (χ2n) is 5.79. The molecule has 1 amide bonds. The number of hydrogen-bond acceptors (Lipinski definition) is 3. The average molecular weight is 418 g/mol. The SMILES string of the molecule is O=C(Nc1ccc2nc(-c3cccc(Cl)c3)oc2c1)c1ccc(Cl)c(Cl)c1. The molecule has 134 valence electrons. The Hall–Kier alpha value is -2.53. The van der Waals surface area contributed by atoms with E-state index in [4.69, 9.17) is 39.2 Å². The Morgan fingerprint density at radius 3 is 2.56 bits per heavy atom. The molecule has 3 aromatic carbocycles. The van der Waals surface area contributed by atoms with Gasteiger partial charge in [-0.2, -0.15) is 0 Å². The van der Waals surface area contributed by atoms with Crippen LogP contribution >= 0.6 is 34.8 Å². The Balaban J connectivity index is 1.61. The lowest BCUT2D eigenvalue weighted by Crippen LogP contribution is -2.11. The summed E-state index contributed by atoms with van der Waals surface area (Å²) in [4.78, 5) is 16.9. The Morgan fingerprint density at radius 1 is 0.926 bits per heavy atom. The first kappa shape index (κ1) is 17.9. The lowest BCUT2D eigenvalue weighted by Gasteiger charge is -2.06. The highest BCUT2D eigenvalue weighted by Crippen LogP contribution is 2.28. The molecule has 1 N–H and O–H groups in total. The fourth-order valence-electron chi connectivity index (χ4n) is 2.59. The minimum atomic E-state index is -0.303. The van der Waals surface area contributed by atoms with Gasteiger partial charge in [0.15, 0.2) is 5.58 Å². The van der Waals surface area contributed by atoms with Gasteiger partial charge >= 0.3 is 0 Å². The molecule has 0 saturated carbocycles. The van der Waals surface area contributed by atoms with Crippen molar-refractivity contribution in [2.24, 2.45) is 0 Å². The summed E-state index contributed by atoms with van der Waals surface area (Å²) in [6, 6.07) is 17.2. The summed E-state index contributed by atoms with van der Waals surface area (Å²) >= 11 is 17.9. The van der Waals surface area contributed by atoms with Crippen LogP contribution in [0.25, 0.3) is 22.6 Å². The molecule has 0 aliphatic rings. The van der Waals surface area contributed by atoms with Crippen molar-refractivity contribution >= 4 is 57.5 Å². The van der Waals surface area contributed by atoms with Crippen LogP contribution < -0.4 is 5.32 Å². The quantitative estimate of drug-likeness (QED) is 0.403. The highest BCUT2D eigenvalue weighted by molar-refractivity contribution is 6.42. The van der Waals surface area contributed by atoms with Gasteiger partial charge < -0.3 is 9.73 Å². The molecule has 0 saturated heterocycles. The van der Waals surface area contributed by atoms with Gasteiger partial charge in [0, 0.05) is 27.9 Å². The van der Waals surface area contributed by atoms with Crippen LogP contribution in [-0.4, -0.2) is 10.9 Å². The number of fused-ring (bicyclic) bond motifs is 1. The molecule has 4 rings (SSSR count). The zero-order valence-electron chi connectivity index (χ0n) is 13.7. The minimum Gasteiger partial charge on any atom is -0.436 e. The first-order valence-electron chi connectivity index (χ1n) is 7.92. The second-order valence-corrected chi connectivity index (χ2v) is 7.05. The van der Waals surface area contributed by atoms with Crippen LogP contribution in [0, 0.1) is 0 Å². The molecule has 0 unspecified atom stereocenters. The third-order valence-corrected chi connectivity index (χ3v) is 4.87. The van der Waals surface area contributed by atoms with Crippen molar-refractivity contribution < 1.29 is 9.21 Å². The van der Waals surface area contributed by atoms with Crippen LogP contribution in [0.1, 0.15) is 10.4 Å². The second kappa shape index (κ2) is 7.24. The number of carbonyl (C=O) groups excluding carboxylic acids is 1. The molecule has 1 aromatic heterocycles. The number of amides is 1. The average Bonchev–Trinajstić information content (AvgIpc) is 3.07. The number of nitrogens with zero attached hydrogens (tertiary/aromatic N) is 1. The fourth-order valence-corrected chi connectivity index (χ4v) is 3.08. The van der Waals surface area contributed by atoms with E-state index in [1.807, 2.05) is 12.1 Å². The van der Waals surface area contributed by atoms with E-state index in [-0.39, 0.29) is 5.91 Å². The lowest BCUT2D eigenvalue weighted by atomic mass is 10.2. The van der Waals surface area contributed by atoms with Gasteiger partial charge in [-0.05, 0) is 48.5 Å². The number of anilines is 1. The number of rotatable bonds is 3. The number of oxazole rings is 1. The number of hydrogen-bond donors (Lipinski definition) is 1. The number of halogens is 3. The molecule has 0 bridgehead atoms. The Morgan fingerprint density at radius 2 is 1.78 bits per heavy atom.